The van der Waals surface area contributed by atoms with Crippen molar-refractivity contribution >= 4 is 53.2 Å². The minimum absolute atomic E-state index is 0.371. The van der Waals surface area contributed by atoms with Crippen LogP contribution in [0.1, 0.15) is 11.1 Å². The van der Waals surface area contributed by atoms with Gasteiger partial charge in [-0.25, -0.2) is 8.42 Å². The highest BCUT2D eigenvalue weighted by molar-refractivity contribution is 9.13. The minimum Gasteiger partial charge on any atom is -0.206 e. The Morgan fingerprint density at radius 3 is 2.50 bits per heavy atom. The monoisotopic (exact) mass is 435 g/mol. The molecule has 0 spiro atoms. The lowest BCUT2D eigenvalue weighted by atomic mass is 10.0. The van der Waals surface area contributed by atoms with Crippen LogP contribution in [-0.4, -0.2) is 19.3 Å². The smallest absolute Gasteiger partial charge is 0.206 e. The first-order chi connectivity index (χ1) is 9.48. The van der Waals surface area contributed by atoms with E-state index in [4.69, 9.17) is 0 Å². The summed E-state index contributed by atoms with van der Waals surface area (Å²) in [5, 5.41) is 0. The molecule has 0 fully saturated rings. The van der Waals surface area contributed by atoms with E-state index in [2.05, 4.69) is 37.9 Å². The van der Waals surface area contributed by atoms with Crippen LogP contribution >= 0.6 is 43.2 Å². The van der Waals surface area contributed by atoms with Gasteiger partial charge >= 0.3 is 0 Å². The van der Waals surface area contributed by atoms with Gasteiger partial charge in [-0.3, -0.25) is 0 Å². The second-order valence-corrected chi connectivity index (χ2v) is 9.93. The van der Waals surface area contributed by atoms with Crippen LogP contribution in [0.3, 0.4) is 0 Å². The summed E-state index contributed by atoms with van der Waals surface area (Å²) in [4.78, 5) is 0. The Kier molecular flexibility index (Phi) is 4.07. The van der Waals surface area contributed by atoms with Crippen molar-refractivity contribution in [3.05, 3.63) is 49.7 Å². The van der Waals surface area contributed by atoms with Crippen LogP contribution in [0.4, 0.5) is 0 Å². The average Bonchev–Trinajstić information content (AvgIpc) is 2.79. The number of nitrogens with zero attached hydrogens (tertiary/aromatic N) is 1. The summed E-state index contributed by atoms with van der Waals surface area (Å²) in [7, 11) is -3.41. The molecule has 2 aromatic rings. The summed E-state index contributed by atoms with van der Waals surface area (Å²) in [5.41, 5.74) is 2.34. The van der Waals surface area contributed by atoms with Gasteiger partial charge in [-0.15, -0.1) is 11.3 Å². The normalized spacial score (nSPS) is 16.1. The Hall–Kier alpha value is -0.210. The molecule has 0 saturated heterocycles. The van der Waals surface area contributed by atoms with Gasteiger partial charge in [0, 0.05) is 17.6 Å². The number of fused-ring (bicyclic) bond motifs is 1. The van der Waals surface area contributed by atoms with Crippen molar-refractivity contribution in [2.75, 3.05) is 6.54 Å². The van der Waals surface area contributed by atoms with Crippen LogP contribution in [-0.2, 0) is 23.0 Å². The van der Waals surface area contributed by atoms with Gasteiger partial charge in [-0.2, -0.15) is 4.31 Å². The largest absolute Gasteiger partial charge is 0.252 e. The van der Waals surface area contributed by atoms with Crippen LogP contribution in [0.5, 0.6) is 0 Å². The summed E-state index contributed by atoms with van der Waals surface area (Å²) in [5.74, 6) is 0. The van der Waals surface area contributed by atoms with Gasteiger partial charge in [0.2, 0.25) is 0 Å². The molecule has 1 aliphatic rings. The maximum absolute atomic E-state index is 12.7. The molecule has 0 N–H and O–H groups in total. The van der Waals surface area contributed by atoms with E-state index in [1.807, 2.05) is 18.2 Å². The van der Waals surface area contributed by atoms with Gasteiger partial charge in [0.1, 0.15) is 4.21 Å². The maximum atomic E-state index is 12.7. The van der Waals surface area contributed by atoms with E-state index < -0.39 is 10.0 Å². The first-order valence-electron chi connectivity index (χ1n) is 6.00. The fraction of sp³-hybridized carbons (Fsp3) is 0.231. The fourth-order valence-corrected chi connectivity index (χ4v) is 6.65. The number of hydrogen-bond donors (Lipinski definition) is 0. The number of halogens is 2. The topological polar surface area (TPSA) is 37.4 Å². The highest BCUT2D eigenvalue weighted by atomic mass is 79.9. The predicted octanol–water partition coefficient (Wildman–Crippen LogP) is 4.02. The van der Waals surface area contributed by atoms with Crippen molar-refractivity contribution in [1.29, 1.82) is 0 Å². The molecular weight excluding hydrogens is 426 g/mol. The first-order valence-corrected chi connectivity index (χ1v) is 9.84. The SMILES string of the molecule is O=S(=O)(c1cc(Br)c(Br)s1)N1CCc2ccccc2C1. The van der Waals surface area contributed by atoms with Crippen molar-refractivity contribution in [1.82, 2.24) is 4.31 Å². The van der Waals surface area contributed by atoms with Crippen molar-refractivity contribution in [2.24, 2.45) is 0 Å². The lowest BCUT2D eigenvalue weighted by Gasteiger charge is -2.27. The molecule has 3 nitrogen and oxygen atoms in total. The van der Waals surface area contributed by atoms with Crippen LogP contribution in [0.15, 0.2) is 42.8 Å². The van der Waals surface area contributed by atoms with E-state index in [1.165, 1.54) is 16.9 Å². The van der Waals surface area contributed by atoms with Crippen molar-refractivity contribution < 1.29 is 8.42 Å². The van der Waals surface area contributed by atoms with E-state index in [0.717, 1.165) is 20.2 Å². The van der Waals surface area contributed by atoms with Crippen molar-refractivity contribution in [3.63, 3.8) is 0 Å². The Labute approximate surface area is 138 Å². The molecule has 7 heteroatoms. The quantitative estimate of drug-likeness (QED) is 0.712. The molecule has 20 heavy (non-hydrogen) atoms. The Bertz CT molecular complexity index is 736. The van der Waals surface area contributed by atoms with Gasteiger partial charge in [0.15, 0.2) is 0 Å². The molecule has 0 aliphatic carbocycles. The number of sulfonamides is 1. The lowest BCUT2D eigenvalue weighted by Crippen LogP contribution is -2.35. The van der Waals surface area contributed by atoms with Crippen LogP contribution < -0.4 is 0 Å². The summed E-state index contributed by atoms with van der Waals surface area (Å²) in [6.45, 7) is 0.984. The molecule has 2 heterocycles. The maximum Gasteiger partial charge on any atom is 0.252 e. The van der Waals surface area contributed by atoms with Gasteiger partial charge in [-0.05, 0) is 55.5 Å². The molecule has 1 aromatic carbocycles. The predicted molar refractivity (Wildman–Crippen MR) is 87.5 cm³/mol. The molecule has 1 aliphatic heterocycles. The number of rotatable bonds is 2. The number of thiophene rings is 1. The van der Waals surface area contributed by atoms with E-state index in [-0.39, 0.29) is 0 Å². The van der Waals surface area contributed by atoms with Crippen LogP contribution in [0.25, 0.3) is 0 Å². The zero-order valence-electron chi connectivity index (χ0n) is 10.3. The summed E-state index contributed by atoms with van der Waals surface area (Å²) >= 11 is 7.92. The van der Waals surface area contributed by atoms with Crippen LogP contribution in [0, 0.1) is 0 Å². The first kappa shape index (κ1) is 14.7. The lowest BCUT2D eigenvalue weighted by molar-refractivity contribution is 0.392. The third kappa shape index (κ3) is 2.62. The Morgan fingerprint density at radius 1 is 1.15 bits per heavy atom. The highest BCUT2D eigenvalue weighted by Gasteiger charge is 2.30. The van der Waals surface area contributed by atoms with Crippen molar-refractivity contribution in [3.8, 4) is 0 Å². The molecule has 1 aromatic heterocycles. The van der Waals surface area contributed by atoms with E-state index in [1.54, 1.807) is 10.4 Å². The molecule has 0 atom stereocenters. The second kappa shape index (κ2) is 5.53. The highest BCUT2D eigenvalue weighted by Crippen LogP contribution is 2.37. The molecule has 0 amide bonds. The number of hydrogen-bond acceptors (Lipinski definition) is 3. The molecule has 0 bridgehead atoms. The summed E-state index contributed by atoms with van der Waals surface area (Å²) in [6, 6.07) is 9.67. The van der Waals surface area contributed by atoms with Gasteiger partial charge < -0.3 is 0 Å². The molecule has 0 radical (unpaired) electrons. The molecular formula is C13H11Br2NO2S2. The Morgan fingerprint density at radius 2 is 1.85 bits per heavy atom. The van der Waals surface area contributed by atoms with E-state index in [9.17, 15) is 8.42 Å². The third-order valence-electron chi connectivity index (χ3n) is 3.31. The fourth-order valence-electron chi connectivity index (χ4n) is 2.26. The van der Waals surface area contributed by atoms with Gasteiger partial charge in [0.25, 0.3) is 10.0 Å². The summed E-state index contributed by atoms with van der Waals surface area (Å²) < 4.78 is 28.8. The molecule has 3 rings (SSSR count). The molecule has 0 unspecified atom stereocenters. The zero-order valence-corrected chi connectivity index (χ0v) is 15.1. The average molecular weight is 437 g/mol. The third-order valence-corrected chi connectivity index (χ3v) is 8.86. The number of benzene rings is 1. The molecule has 106 valence electrons. The van der Waals surface area contributed by atoms with Crippen molar-refractivity contribution in [2.45, 2.75) is 17.2 Å². The van der Waals surface area contributed by atoms with E-state index >= 15 is 0 Å². The standard InChI is InChI=1S/C13H11Br2NO2S2/c14-11-7-12(19-13(11)15)20(17,18)16-6-5-9-3-1-2-4-10(9)8-16/h1-4,7H,5-6,8H2. The van der Waals surface area contributed by atoms with E-state index in [0.29, 0.717) is 17.3 Å². The minimum atomic E-state index is -3.41. The zero-order chi connectivity index (χ0) is 14.3. The molecule has 0 saturated carbocycles. The van der Waals surface area contributed by atoms with Gasteiger partial charge in [0.05, 0.1) is 3.79 Å². The Balaban J connectivity index is 1.94. The van der Waals surface area contributed by atoms with Crippen LogP contribution in [0.2, 0.25) is 0 Å². The van der Waals surface area contributed by atoms with Gasteiger partial charge in [-0.1, -0.05) is 24.3 Å². The summed E-state index contributed by atoms with van der Waals surface area (Å²) in [6.07, 6.45) is 0.767. The second-order valence-electron chi connectivity index (χ2n) is 4.54.